The number of fused-ring (bicyclic) bond motifs is 3. The van der Waals surface area contributed by atoms with Gasteiger partial charge in [-0.3, -0.25) is 14.4 Å². The van der Waals surface area contributed by atoms with Crippen molar-refractivity contribution < 1.29 is 28.6 Å². The van der Waals surface area contributed by atoms with Crippen LogP contribution in [0.25, 0.3) is 0 Å². The smallest absolute Gasteiger partial charge is 0.308 e. The van der Waals surface area contributed by atoms with Crippen LogP contribution < -0.4 is 9.47 Å². The van der Waals surface area contributed by atoms with Gasteiger partial charge in [0.25, 0.3) is 0 Å². The summed E-state index contributed by atoms with van der Waals surface area (Å²) < 4.78 is 17.1. The molecule has 0 radical (unpaired) electrons. The van der Waals surface area contributed by atoms with Crippen molar-refractivity contribution in [2.75, 3.05) is 7.11 Å². The lowest BCUT2D eigenvalue weighted by atomic mass is 9.49. The molecule has 0 N–H and O–H groups in total. The Hall–Kier alpha value is -2.37. The van der Waals surface area contributed by atoms with Crippen molar-refractivity contribution in [1.82, 2.24) is 0 Å². The van der Waals surface area contributed by atoms with Gasteiger partial charge in [-0.1, -0.05) is 34.6 Å². The molecule has 0 unspecified atom stereocenters. The Kier molecular flexibility index (Phi) is 5.98. The van der Waals surface area contributed by atoms with Gasteiger partial charge < -0.3 is 14.2 Å². The van der Waals surface area contributed by atoms with Gasteiger partial charge in [0, 0.05) is 47.8 Å². The summed E-state index contributed by atoms with van der Waals surface area (Å²) in [6.45, 7) is 13.1. The van der Waals surface area contributed by atoms with Gasteiger partial charge in [-0.15, -0.1) is 0 Å². The van der Waals surface area contributed by atoms with Crippen LogP contribution in [0.5, 0.6) is 11.5 Å². The molecule has 2 aliphatic rings. The van der Waals surface area contributed by atoms with Gasteiger partial charge in [-0.2, -0.15) is 0 Å². The lowest BCUT2D eigenvalue weighted by Gasteiger charge is -2.56. The summed E-state index contributed by atoms with van der Waals surface area (Å²) in [4.78, 5) is 37.2. The van der Waals surface area contributed by atoms with Gasteiger partial charge in [0.1, 0.15) is 6.10 Å². The largest absolute Gasteiger partial charge is 0.493 e. The predicted octanol–water partition coefficient (Wildman–Crippen LogP) is 4.96. The van der Waals surface area contributed by atoms with Crippen molar-refractivity contribution >= 4 is 17.7 Å². The summed E-state index contributed by atoms with van der Waals surface area (Å²) in [6, 6.07) is 1.92. The minimum Gasteiger partial charge on any atom is -0.493 e. The molecule has 1 fully saturated rings. The van der Waals surface area contributed by atoms with Gasteiger partial charge in [-0.25, -0.2) is 0 Å². The lowest BCUT2D eigenvalue weighted by molar-refractivity contribution is -0.163. The second kappa shape index (κ2) is 7.95. The fraction of sp³-hybridized carbons (Fsp3) is 0.640. The second-order valence-corrected chi connectivity index (χ2v) is 10.1. The molecule has 0 saturated heterocycles. The van der Waals surface area contributed by atoms with Crippen LogP contribution in [0.3, 0.4) is 0 Å². The summed E-state index contributed by atoms with van der Waals surface area (Å²) in [5.74, 6) is 0.135. The first-order valence-corrected chi connectivity index (χ1v) is 11.0. The number of Topliss-reactive ketones (excluding diaryl/α,β-unsaturated/α-hetero) is 1. The number of methoxy groups -OCH3 is 1. The van der Waals surface area contributed by atoms with Crippen LogP contribution in [0.4, 0.5) is 0 Å². The van der Waals surface area contributed by atoms with Crippen LogP contribution in [-0.2, 0) is 19.7 Å². The standard InChI is InChI=1S/C25H34O6/c1-13(2)16-11-17-18(28)12-19-24(5,6)20(30-14(3)26)9-10-25(19,7)21(17)23(22(16)29-8)31-15(4)27/h11,13,19-20H,9-10,12H2,1-8H3/t19-,20-,25-/m0/s1. The van der Waals surface area contributed by atoms with Crippen LogP contribution in [0.1, 0.15) is 95.1 Å². The van der Waals surface area contributed by atoms with Crippen molar-refractivity contribution in [3.63, 3.8) is 0 Å². The van der Waals surface area contributed by atoms with Gasteiger partial charge in [0.15, 0.2) is 17.3 Å². The number of carbonyl (C=O) groups excluding carboxylic acids is 3. The number of hydrogen-bond acceptors (Lipinski definition) is 6. The quantitative estimate of drug-likeness (QED) is 0.496. The SMILES string of the molecule is COc1c(C(C)C)cc2c(c1OC(C)=O)[C@@]1(C)CC[C@H](OC(C)=O)C(C)(C)[C@@H]1CC2=O. The fourth-order valence-electron chi connectivity index (χ4n) is 5.84. The van der Waals surface area contributed by atoms with Crippen LogP contribution in [-0.4, -0.2) is 30.9 Å². The molecule has 1 aromatic rings. The molecule has 1 aromatic carbocycles. The maximum absolute atomic E-state index is 13.4. The van der Waals surface area contributed by atoms with Gasteiger partial charge in [-0.05, 0) is 30.7 Å². The highest BCUT2D eigenvalue weighted by molar-refractivity contribution is 6.01. The Morgan fingerprint density at radius 3 is 2.26 bits per heavy atom. The number of rotatable bonds is 4. The average Bonchev–Trinajstić information content (AvgIpc) is 2.65. The first-order valence-electron chi connectivity index (χ1n) is 11.0. The van der Waals surface area contributed by atoms with E-state index in [0.717, 1.165) is 11.1 Å². The van der Waals surface area contributed by atoms with E-state index in [4.69, 9.17) is 14.2 Å². The van der Waals surface area contributed by atoms with E-state index in [2.05, 4.69) is 20.8 Å². The second-order valence-electron chi connectivity index (χ2n) is 10.1. The van der Waals surface area contributed by atoms with E-state index in [1.807, 2.05) is 19.9 Å². The Morgan fingerprint density at radius 1 is 1.10 bits per heavy atom. The molecular formula is C25H34O6. The van der Waals surface area contributed by atoms with Crippen molar-refractivity contribution in [2.24, 2.45) is 11.3 Å². The summed E-state index contributed by atoms with van der Waals surface area (Å²) in [5, 5.41) is 0. The van der Waals surface area contributed by atoms with Crippen LogP contribution in [0, 0.1) is 11.3 Å². The number of ketones is 1. The van der Waals surface area contributed by atoms with E-state index in [0.29, 0.717) is 36.3 Å². The number of carbonyl (C=O) groups is 3. The minimum atomic E-state index is -0.451. The van der Waals surface area contributed by atoms with Gasteiger partial charge in [0.05, 0.1) is 7.11 Å². The Bertz CT molecular complexity index is 928. The molecule has 31 heavy (non-hydrogen) atoms. The van der Waals surface area contributed by atoms with Crippen LogP contribution in [0.15, 0.2) is 6.07 Å². The molecule has 3 atom stereocenters. The molecule has 0 bridgehead atoms. The van der Waals surface area contributed by atoms with E-state index in [1.165, 1.54) is 13.8 Å². The number of ether oxygens (including phenoxy) is 3. The highest BCUT2D eigenvalue weighted by Crippen LogP contribution is 2.61. The normalized spacial score (nSPS) is 26.7. The molecule has 0 amide bonds. The summed E-state index contributed by atoms with van der Waals surface area (Å²) in [7, 11) is 1.56. The molecule has 6 nitrogen and oxygen atoms in total. The van der Waals surface area contributed by atoms with Crippen molar-refractivity contribution in [3.05, 3.63) is 22.8 Å². The zero-order valence-corrected chi connectivity index (χ0v) is 19.9. The highest BCUT2D eigenvalue weighted by Gasteiger charge is 2.58. The minimum absolute atomic E-state index is 0.0204. The van der Waals surface area contributed by atoms with E-state index in [1.54, 1.807) is 7.11 Å². The zero-order chi connectivity index (χ0) is 23.3. The fourth-order valence-corrected chi connectivity index (χ4v) is 5.84. The van der Waals surface area contributed by atoms with Crippen molar-refractivity contribution in [3.8, 4) is 11.5 Å². The number of benzene rings is 1. The molecule has 1 saturated carbocycles. The summed E-state index contributed by atoms with van der Waals surface area (Å²) in [5.41, 5.74) is 1.35. The number of hydrogen-bond donors (Lipinski definition) is 0. The third-order valence-electron chi connectivity index (χ3n) is 7.33. The van der Waals surface area contributed by atoms with E-state index < -0.39 is 16.8 Å². The maximum Gasteiger partial charge on any atom is 0.308 e. The summed E-state index contributed by atoms with van der Waals surface area (Å²) in [6.07, 6.45) is 1.46. The third kappa shape index (κ3) is 3.74. The molecule has 0 aliphatic heterocycles. The topological polar surface area (TPSA) is 78.9 Å². The van der Waals surface area contributed by atoms with E-state index >= 15 is 0 Å². The molecular weight excluding hydrogens is 396 g/mol. The Labute approximate surface area is 184 Å². The van der Waals surface area contributed by atoms with Crippen molar-refractivity contribution in [2.45, 2.75) is 85.2 Å². The zero-order valence-electron chi connectivity index (χ0n) is 19.9. The molecule has 170 valence electrons. The van der Waals surface area contributed by atoms with Crippen molar-refractivity contribution in [1.29, 1.82) is 0 Å². The molecule has 2 aliphatic carbocycles. The van der Waals surface area contributed by atoms with Crippen LogP contribution >= 0.6 is 0 Å². The molecule has 0 spiro atoms. The highest BCUT2D eigenvalue weighted by atomic mass is 16.6. The van der Waals surface area contributed by atoms with E-state index in [9.17, 15) is 14.4 Å². The summed E-state index contributed by atoms with van der Waals surface area (Å²) >= 11 is 0. The molecule has 0 aromatic heterocycles. The van der Waals surface area contributed by atoms with E-state index in [-0.39, 0.29) is 29.7 Å². The Balaban J connectivity index is 2.28. The van der Waals surface area contributed by atoms with Gasteiger partial charge in [0.2, 0.25) is 0 Å². The molecule has 0 heterocycles. The molecule has 3 rings (SSSR count). The maximum atomic E-state index is 13.4. The first-order chi connectivity index (χ1) is 14.3. The molecule has 6 heteroatoms. The first kappa shape index (κ1) is 23.3. The predicted molar refractivity (Wildman–Crippen MR) is 117 cm³/mol. The Morgan fingerprint density at radius 2 is 1.74 bits per heavy atom. The number of esters is 2. The lowest BCUT2D eigenvalue weighted by Crippen LogP contribution is -2.56. The van der Waals surface area contributed by atoms with Gasteiger partial charge >= 0.3 is 11.9 Å². The monoisotopic (exact) mass is 430 g/mol. The third-order valence-corrected chi connectivity index (χ3v) is 7.33. The van der Waals surface area contributed by atoms with Crippen LogP contribution in [0.2, 0.25) is 0 Å². The average molecular weight is 431 g/mol.